The average molecular weight is 542 g/mol. The maximum absolute atomic E-state index is 15.4. The lowest BCUT2D eigenvalue weighted by molar-refractivity contribution is -0.0595. The zero-order valence-corrected chi connectivity index (χ0v) is 22.3. The summed E-state index contributed by atoms with van der Waals surface area (Å²) in [4.78, 5) is 23.7. The molecule has 0 saturated carbocycles. The van der Waals surface area contributed by atoms with Gasteiger partial charge < -0.3 is 10.2 Å². The van der Waals surface area contributed by atoms with Crippen molar-refractivity contribution in [2.45, 2.75) is 0 Å². The summed E-state index contributed by atoms with van der Waals surface area (Å²) in [6.07, 6.45) is 3.83. The van der Waals surface area contributed by atoms with Crippen LogP contribution in [0, 0.1) is 11.2 Å². The minimum absolute atomic E-state index is 0.102. The topological polar surface area (TPSA) is 61.4 Å². The lowest BCUT2D eigenvalue weighted by Gasteiger charge is -2.59. The molecule has 2 aliphatic heterocycles. The molecule has 38 heavy (non-hydrogen) atoms. The van der Waals surface area contributed by atoms with Crippen LogP contribution in [0.3, 0.4) is 0 Å². The fraction of sp³-hybridized carbons (Fsp3) is 0.207. The molecule has 2 saturated heterocycles. The number of hydrogen-bond acceptors (Lipinski definition) is 7. The molecule has 0 radical (unpaired) electrons. The van der Waals surface area contributed by atoms with Gasteiger partial charge in [-0.2, -0.15) is 0 Å². The van der Waals surface area contributed by atoms with Crippen molar-refractivity contribution in [2.75, 3.05) is 37.8 Å². The van der Waals surface area contributed by atoms with Crippen LogP contribution in [-0.2, 0) is 0 Å². The van der Waals surface area contributed by atoms with Crippen LogP contribution >= 0.6 is 23.3 Å². The average Bonchev–Trinajstić information content (AvgIpc) is 3.35. The molecule has 7 rings (SSSR count). The quantitative estimate of drug-likeness (QED) is 0.259. The fourth-order valence-corrected chi connectivity index (χ4v) is 6.98. The summed E-state index contributed by atoms with van der Waals surface area (Å²) in [5, 5.41) is 4.35. The number of aromatic nitrogens is 2. The molecular formula is C29H24FN5OS2. The minimum Gasteiger partial charge on any atom is -0.355 e. The van der Waals surface area contributed by atoms with Crippen molar-refractivity contribution in [1.29, 1.82) is 0 Å². The Morgan fingerprint density at radius 3 is 2.68 bits per heavy atom. The normalized spacial score (nSPS) is 16.5. The van der Waals surface area contributed by atoms with Crippen LogP contribution < -0.4 is 5.32 Å². The second-order valence-electron chi connectivity index (χ2n) is 10.1. The number of halogens is 1. The Labute approximate surface area is 227 Å². The Morgan fingerprint density at radius 1 is 1.00 bits per heavy atom. The molecule has 1 amide bonds. The highest BCUT2D eigenvalue weighted by Crippen LogP contribution is 2.42. The van der Waals surface area contributed by atoms with E-state index in [4.69, 9.17) is 0 Å². The smallest absolute Gasteiger partial charge is 0.253 e. The first-order chi connectivity index (χ1) is 18.5. The summed E-state index contributed by atoms with van der Waals surface area (Å²) in [6.45, 7) is 3.51. The van der Waals surface area contributed by atoms with Gasteiger partial charge in [0, 0.05) is 65.7 Å². The summed E-state index contributed by atoms with van der Waals surface area (Å²) < 4.78 is 18.8. The summed E-state index contributed by atoms with van der Waals surface area (Å²) in [5.41, 5.74) is 7.20. The molecule has 1 N–H and O–H groups in total. The number of nitrogens with one attached hydrogen (secondary N) is 1. The molecule has 6 nitrogen and oxygen atoms in total. The van der Waals surface area contributed by atoms with Crippen LogP contribution in [0.5, 0.6) is 0 Å². The van der Waals surface area contributed by atoms with Crippen molar-refractivity contribution in [3.8, 4) is 11.1 Å². The van der Waals surface area contributed by atoms with Gasteiger partial charge in [-0.3, -0.25) is 9.78 Å². The third-order valence-electron chi connectivity index (χ3n) is 7.50. The Balaban J connectivity index is 1.14. The third kappa shape index (κ3) is 4.02. The highest BCUT2D eigenvalue weighted by molar-refractivity contribution is 7.96. The Kier molecular flexibility index (Phi) is 5.61. The van der Waals surface area contributed by atoms with E-state index in [-0.39, 0.29) is 11.3 Å². The van der Waals surface area contributed by atoms with Gasteiger partial charge in [-0.25, -0.2) is 13.7 Å². The molecule has 2 aliphatic rings. The van der Waals surface area contributed by atoms with Gasteiger partial charge in [0.05, 0.1) is 21.2 Å². The Bertz CT molecular complexity index is 1710. The number of anilines is 2. The van der Waals surface area contributed by atoms with Crippen LogP contribution in [0.15, 0.2) is 72.4 Å². The van der Waals surface area contributed by atoms with Crippen LogP contribution in [0.25, 0.3) is 32.2 Å². The fourth-order valence-electron chi connectivity index (χ4n) is 5.52. The number of likely N-dealkylation sites (tertiary alicyclic amines) is 1. The van der Waals surface area contributed by atoms with Crippen LogP contribution in [-0.4, -0.2) is 57.5 Å². The van der Waals surface area contributed by atoms with Crippen molar-refractivity contribution in [3.05, 3.63) is 83.8 Å². The van der Waals surface area contributed by atoms with E-state index in [1.807, 2.05) is 52.9 Å². The molecule has 0 atom stereocenters. The largest absolute Gasteiger partial charge is 0.355 e. The molecule has 4 heterocycles. The molecule has 9 heteroatoms. The predicted molar refractivity (Wildman–Crippen MR) is 153 cm³/mol. The Hall–Kier alpha value is -3.53. The van der Waals surface area contributed by atoms with Gasteiger partial charge >= 0.3 is 0 Å². The molecular weight excluding hydrogens is 517 g/mol. The molecule has 0 unspecified atom stereocenters. The van der Waals surface area contributed by atoms with E-state index >= 15 is 4.39 Å². The zero-order valence-electron chi connectivity index (χ0n) is 20.6. The van der Waals surface area contributed by atoms with Gasteiger partial charge in [0.15, 0.2) is 0 Å². The molecule has 2 fully saturated rings. The summed E-state index contributed by atoms with van der Waals surface area (Å²) >= 11 is 3.35. The first-order valence-corrected chi connectivity index (χ1v) is 14.4. The number of benzene rings is 3. The lowest BCUT2D eigenvalue weighted by atomic mass is 9.74. The van der Waals surface area contributed by atoms with E-state index in [0.29, 0.717) is 11.1 Å². The van der Waals surface area contributed by atoms with Gasteiger partial charge in [0.1, 0.15) is 5.82 Å². The van der Waals surface area contributed by atoms with Gasteiger partial charge in [-0.05, 0) is 60.4 Å². The number of pyridine rings is 1. The van der Waals surface area contributed by atoms with Crippen LogP contribution in [0.1, 0.15) is 10.4 Å². The van der Waals surface area contributed by atoms with Crippen molar-refractivity contribution >= 4 is 61.7 Å². The molecule has 5 aromatic rings. The lowest BCUT2D eigenvalue weighted by Crippen LogP contribution is -2.71. The number of thiazole rings is 1. The van der Waals surface area contributed by atoms with Gasteiger partial charge in [-0.1, -0.05) is 24.1 Å². The standard InChI is InChI=1S/C29H24FN5OS2/c1-37-35-15-29(16-35)13-34(14-29)28(36)19-2-5-21(23(30)11-19)18-3-6-24-22(10-18)25(8-9-31-24)33-20-4-7-27-26(12-20)32-17-38-27/h2-12,17H,13-16H2,1H3,(H,31,33). The van der Waals surface area contributed by atoms with E-state index < -0.39 is 5.82 Å². The van der Waals surface area contributed by atoms with E-state index in [2.05, 4.69) is 25.8 Å². The highest BCUT2D eigenvalue weighted by atomic mass is 32.2. The maximum Gasteiger partial charge on any atom is 0.253 e. The molecule has 0 aliphatic carbocycles. The zero-order chi connectivity index (χ0) is 25.9. The molecule has 1 spiro atoms. The third-order valence-corrected chi connectivity index (χ3v) is 9.08. The van der Waals surface area contributed by atoms with Crippen molar-refractivity contribution in [1.82, 2.24) is 19.2 Å². The van der Waals surface area contributed by atoms with Crippen LogP contribution in [0.4, 0.5) is 15.8 Å². The predicted octanol–water partition coefficient (Wildman–Crippen LogP) is 6.43. The summed E-state index contributed by atoms with van der Waals surface area (Å²) in [7, 11) is 0. The second-order valence-corrected chi connectivity index (χ2v) is 11.9. The number of amides is 1. The van der Waals surface area contributed by atoms with E-state index in [0.717, 1.165) is 64.2 Å². The van der Waals surface area contributed by atoms with Gasteiger partial charge in [0.25, 0.3) is 5.91 Å². The molecule has 0 bridgehead atoms. The molecule has 190 valence electrons. The van der Waals surface area contributed by atoms with Gasteiger partial charge in [0.2, 0.25) is 0 Å². The number of hydrogen-bond donors (Lipinski definition) is 1. The van der Waals surface area contributed by atoms with E-state index in [1.54, 1.807) is 41.6 Å². The van der Waals surface area contributed by atoms with Crippen molar-refractivity contribution in [2.24, 2.45) is 5.41 Å². The summed E-state index contributed by atoms with van der Waals surface area (Å²) in [6, 6.07) is 18.5. The second kappa shape index (κ2) is 9.04. The molecule has 3 aromatic carbocycles. The minimum atomic E-state index is -0.407. The van der Waals surface area contributed by atoms with Crippen molar-refractivity contribution in [3.63, 3.8) is 0 Å². The number of rotatable bonds is 5. The Morgan fingerprint density at radius 2 is 1.87 bits per heavy atom. The SMILES string of the molecule is CSN1CC2(C1)CN(C(=O)c1ccc(-c3ccc4nccc(Nc5ccc6scnc6c5)c4c3)c(F)c1)C2. The summed E-state index contributed by atoms with van der Waals surface area (Å²) in [5.74, 6) is -0.509. The first kappa shape index (κ1) is 23.6. The maximum atomic E-state index is 15.4. The van der Waals surface area contributed by atoms with Crippen LogP contribution in [0.2, 0.25) is 0 Å². The highest BCUT2D eigenvalue weighted by Gasteiger charge is 2.53. The number of carbonyl (C=O) groups excluding carboxylic acids is 1. The van der Waals surface area contributed by atoms with E-state index in [1.165, 1.54) is 6.07 Å². The van der Waals surface area contributed by atoms with Crippen molar-refractivity contribution < 1.29 is 9.18 Å². The number of carbonyl (C=O) groups is 1. The van der Waals surface area contributed by atoms with Gasteiger partial charge in [-0.15, -0.1) is 11.3 Å². The molecule has 2 aromatic heterocycles. The van der Waals surface area contributed by atoms with E-state index in [9.17, 15) is 4.79 Å². The number of nitrogens with zero attached hydrogens (tertiary/aromatic N) is 4. The first-order valence-electron chi connectivity index (χ1n) is 12.4. The number of fused-ring (bicyclic) bond motifs is 2. The monoisotopic (exact) mass is 541 g/mol.